The van der Waals surface area contributed by atoms with Crippen molar-refractivity contribution >= 4 is 40.7 Å². The number of aromatic amines is 1. The monoisotopic (exact) mass is 432 g/mol. The highest BCUT2D eigenvalue weighted by molar-refractivity contribution is 6.44. The number of benzene rings is 2. The van der Waals surface area contributed by atoms with Crippen LogP contribution >= 0.6 is 23.2 Å². The standard InChI is InChI=1S/C21H22Cl2N4O2/c1-21(2,3)18-14(11-12-6-4-7-13(28)10-12)19(27-26-18)25-20(29)24-16-9-5-8-15(22)17(16)23/h4-10,28H,11H2,1-3H3,(H3,24,25,26,27,29). The van der Waals surface area contributed by atoms with Crippen LogP contribution in [0.1, 0.15) is 37.6 Å². The van der Waals surface area contributed by atoms with Crippen LogP contribution in [-0.2, 0) is 11.8 Å². The summed E-state index contributed by atoms with van der Waals surface area (Å²) in [7, 11) is 0. The van der Waals surface area contributed by atoms with Gasteiger partial charge in [0.15, 0.2) is 0 Å². The number of phenolic OH excluding ortho intramolecular Hbond substituents is 1. The fraction of sp³-hybridized carbons (Fsp3) is 0.238. The number of carbonyl (C=O) groups is 1. The van der Waals surface area contributed by atoms with Crippen LogP contribution in [0.2, 0.25) is 10.0 Å². The molecule has 3 aromatic rings. The van der Waals surface area contributed by atoms with Crippen molar-refractivity contribution in [3.63, 3.8) is 0 Å². The van der Waals surface area contributed by atoms with E-state index in [-0.39, 0.29) is 16.2 Å². The smallest absolute Gasteiger partial charge is 0.324 e. The molecule has 2 aromatic carbocycles. The van der Waals surface area contributed by atoms with E-state index in [1.807, 2.05) is 26.8 Å². The van der Waals surface area contributed by atoms with Crippen LogP contribution in [0.5, 0.6) is 5.75 Å². The summed E-state index contributed by atoms with van der Waals surface area (Å²) in [6, 6.07) is 11.5. The summed E-state index contributed by atoms with van der Waals surface area (Å²) in [5.41, 5.74) is 2.74. The van der Waals surface area contributed by atoms with Gasteiger partial charge in [0.05, 0.1) is 21.4 Å². The molecule has 2 amide bonds. The third kappa shape index (κ3) is 5.02. The minimum Gasteiger partial charge on any atom is -0.508 e. The van der Waals surface area contributed by atoms with E-state index in [1.165, 1.54) is 0 Å². The van der Waals surface area contributed by atoms with Gasteiger partial charge in [0.2, 0.25) is 0 Å². The van der Waals surface area contributed by atoms with Gasteiger partial charge in [0.25, 0.3) is 0 Å². The van der Waals surface area contributed by atoms with E-state index in [2.05, 4.69) is 20.8 Å². The van der Waals surface area contributed by atoms with Crippen LogP contribution < -0.4 is 10.6 Å². The number of H-pyrrole nitrogens is 1. The van der Waals surface area contributed by atoms with Gasteiger partial charge < -0.3 is 10.4 Å². The maximum absolute atomic E-state index is 12.6. The molecule has 0 unspecified atom stereocenters. The number of urea groups is 1. The summed E-state index contributed by atoms with van der Waals surface area (Å²) in [4.78, 5) is 12.6. The lowest BCUT2D eigenvalue weighted by molar-refractivity contribution is 0.262. The first-order valence-electron chi connectivity index (χ1n) is 9.03. The fourth-order valence-electron chi connectivity index (χ4n) is 3.00. The predicted octanol–water partition coefficient (Wildman–Crippen LogP) is 5.95. The van der Waals surface area contributed by atoms with E-state index in [9.17, 15) is 9.90 Å². The van der Waals surface area contributed by atoms with Crippen LogP contribution in [0, 0.1) is 0 Å². The topological polar surface area (TPSA) is 90.0 Å². The Morgan fingerprint density at radius 3 is 2.55 bits per heavy atom. The Morgan fingerprint density at radius 2 is 1.86 bits per heavy atom. The highest BCUT2D eigenvalue weighted by atomic mass is 35.5. The van der Waals surface area contributed by atoms with Crippen LogP contribution in [0.15, 0.2) is 42.5 Å². The van der Waals surface area contributed by atoms with Gasteiger partial charge in [0.1, 0.15) is 11.6 Å². The number of aromatic hydroxyl groups is 1. The zero-order valence-corrected chi connectivity index (χ0v) is 17.8. The lowest BCUT2D eigenvalue weighted by Gasteiger charge is -2.18. The molecule has 29 heavy (non-hydrogen) atoms. The van der Waals surface area contributed by atoms with E-state index >= 15 is 0 Å². The van der Waals surface area contributed by atoms with E-state index < -0.39 is 6.03 Å². The average molecular weight is 433 g/mol. The highest BCUT2D eigenvalue weighted by Gasteiger charge is 2.25. The van der Waals surface area contributed by atoms with Crippen molar-refractivity contribution in [2.24, 2.45) is 0 Å². The molecule has 0 saturated carbocycles. The summed E-state index contributed by atoms with van der Waals surface area (Å²) >= 11 is 12.1. The molecule has 0 fully saturated rings. The summed E-state index contributed by atoms with van der Waals surface area (Å²) in [6.07, 6.45) is 0.491. The molecule has 0 saturated heterocycles. The molecule has 6 nitrogen and oxygen atoms in total. The van der Waals surface area contributed by atoms with Crippen molar-refractivity contribution in [3.05, 3.63) is 69.3 Å². The minimum atomic E-state index is -0.476. The van der Waals surface area contributed by atoms with Gasteiger partial charge in [-0.05, 0) is 29.8 Å². The first-order valence-corrected chi connectivity index (χ1v) is 9.78. The highest BCUT2D eigenvalue weighted by Crippen LogP contribution is 2.32. The van der Waals surface area contributed by atoms with Crippen molar-refractivity contribution in [1.29, 1.82) is 0 Å². The second kappa shape index (κ2) is 8.35. The molecule has 1 heterocycles. The molecule has 0 bridgehead atoms. The largest absolute Gasteiger partial charge is 0.508 e. The Morgan fingerprint density at radius 1 is 1.14 bits per heavy atom. The molecular formula is C21H22Cl2N4O2. The number of hydrogen-bond donors (Lipinski definition) is 4. The third-order valence-electron chi connectivity index (χ3n) is 4.31. The van der Waals surface area contributed by atoms with Crippen molar-refractivity contribution in [2.45, 2.75) is 32.6 Å². The Balaban J connectivity index is 1.87. The number of anilines is 2. The number of rotatable bonds is 4. The zero-order chi connectivity index (χ0) is 21.2. The number of nitrogens with zero attached hydrogens (tertiary/aromatic N) is 1. The van der Waals surface area contributed by atoms with Gasteiger partial charge in [-0.1, -0.05) is 62.2 Å². The number of hydrogen-bond acceptors (Lipinski definition) is 3. The molecule has 152 valence electrons. The Kier molecular flexibility index (Phi) is 6.05. The van der Waals surface area contributed by atoms with Crippen molar-refractivity contribution in [3.8, 4) is 5.75 Å². The van der Waals surface area contributed by atoms with E-state index in [4.69, 9.17) is 23.2 Å². The Labute approximate surface area is 179 Å². The van der Waals surface area contributed by atoms with Gasteiger partial charge in [-0.2, -0.15) is 5.10 Å². The van der Waals surface area contributed by atoms with Gasteiger partial charge in [-0.3, -0.25) is 10.4 Å². The molecule has 0 aliphatic rings. The summed E-state index contributed by atoms with van der Waals surface area (Å²) < 4.78 is 0. The number of carbonyl (C=O) groups excluding carboxylic acids is 1. The molecule has 0 aliphatic heterocycles. The Hall–Kier alpha value is -2.70. The van der Waals surface area contributed by atoms with E-state index in [1.54, 1.807) is 36.4 Å². The lowest BCUT2D eigenvalue weighted by atomic mass is 9.87. The Bertz CT molecular complexity index is 1040. The second-order valence-corrected chi connectivity index (χ2v) is 8.49. The first-order chi connectivity index (χ1) is 13.6. The predicted molar refractivity (Wildman–Crippen MR) is 117 cm³/mol. The maximum atomic E-state index is 12.6. The summed E-state index contributed by atoms with van der Waals surface area (Å²) in [5, 5.41) is 23.2. The molecule has 3 rings (SSSR count). The van der Waals surface area contributed by atoms with Gasteiger partial charge in [0, 0.05) is 17.4 Å². The van der Waals surface area contributed by atoms with Crippen molar-refractivity contribution in [2.75, 3.05) is 10.6 Å². The zero-order valence-electron chi connectivity index (χ0n) is 16.3. The van der Waals surface area contributed by atoms with Crippen LogP contribution in [0.25, 0.3) is 0 Å². The van der Waals surface area contributed by atoms with Gasteiger partial charge >= 0.3 is 6.03 Å². The molecule has 0 spiro atoms. The SMILES string of the molecule is CC(C)(C)c1n[nH]c(NC(=O)Nc2cccc(Cl)c2Cl)c1Cc1cccc(O)c1. The lowest BCUT2D eigenvalue weighted by Crippen LogP contribution is -2.21. The van der Waals surface area contributed by atoms with E-state index in [0.717, 1.165) is 16.8 Å². The molecule has 0 atom stereocenters. The average Bonchev–Trinajstić information content (AvgIpc) is 3.01. The molecular weight excluding hydrogens is 411 g/mol. The van der Waals surface area contributed by atoms with E-state index in [0.29, 0.717) is 22.9 Å². The maximum Gasteiger partial charge on any atom is 0.324 e. The van der Waals surface area contributed by atoms with Crippen molar-refractivity contribution < 1.29 is 9.90 Å². The number of halogens is 2. The molecule has 0 radical (unpaired) electrons. The molecule has 0 aliphatic carbocycles. The van der Waals surface area contributed by atoms with Crippen LogP contribution in [0.4, 0.5) is 16.3 Å². The molecule has 4 N–H and O–H groups in total. The number of nitrogens with one attached hydrogen (secondary N) is 3. The second-order valence-electron chi connectivity index (χ2n) is 7.70. The fourth-order valence-corrected chi connectivity index (χ4v) is 3.35. The van der Waals surface area contributed by atoms with Crippen LogP contribution in [-0.4, -0.2) is 21.3 Å². The van der Waals surface area contributed by atoms with Crippen molar-refractivity contribution in [1.82, 2.24) is 10.2 Å². The molecule has 1 aromatic heterocycles. The number of amides is 2. The third-order valence-corrected chi connectivity index (χ3v) is 5.13. The molecule has 8 heteroatoms. The van der Waals surface area contributed by atoms with Gasteiger partial charge in [-0.25, -0.2) is 4.79 Å². The van der Waals surface area contributed by atoms with Gasteiger partial charge in [-0.15, -0.1) is 0 Å². The summed E-state index contributed by atoms with van der Waals surface area (Å²) in [6.45, 7) is 6.14. The quantitative estimate of drug-likeness (QED) is 0.410. The number of aromatic nitrogens is 2. The number of phenols is 1. The first kappa shape index (κ1) is 21.0. The minimum absolute atomic E-state index is 0.186. The normalized spacial score (nSPS) is 11.3. The summed E-state index contributed by atoms with van der Waals surface area (Å²) in [5.74, 6) is 0.667. The van der Waals surface area contributed by atoms with Crippen LogP contribution in [0.3, 0.4) is 0 Å².